The molecule has 7 nitrogen and oxygen atoms in total. The van der Waals surface area contributed by atoms with Crippen molar-refractivity contribution in [1.29, 1.82) is 0 Å². The van der Waals surface area contributed by atoms with Crippen LogP contribution in [0, 0.1) is 5.92 Å². The lowest BCUT2D eigenvalue weighted by molar-refractivity contribution is -0.130. The molecule has 1 fully saturated rings. The fourth-order valence-corrected chi connectivity index (χ4v) is 4.66. The van der Waals surface area contributed by atoms with Crippen molar-refractivity contribution in [3.63, 3.8) is 0 Å². The van der Waals surface area contributed by atoms with E-state index in [0.717, 1.165) is 18.4 Å². The van der Waals surface area contributed by atoms with E-state index in [-0.39, 0.29) is 17.7 Å². The van der Waals surface area contributed by atoms with Gasteiger partial charge >= 0.3 is 6.03 Å². The van der Waals surface area contributed by atoms with Crippen molar-refractivity contribution >= 4 is 35.4 Å². The lowest BCUT2D eigenvalue weighted by atomic mass is 9.99. The minimum absolute atomic E-state index is 0.159. The van der Waals surface area contributed by atoms with Crippen LogP contribution in [0.15, 0.2) is 47.0 Å². The lowest BCUT2D eigenvalue weighted by Crippen LogP contribution is -2.58. The average Bonchev–Trinajstić information content (AvgIpc) is 3.15. The Hall–Kier alpha value is -2.58. The molecule has 2 N–H and O–H groups in total. The number of amides is 4. The Balaban J connectivity index is 1.49. The third-order valence-corrected chi connectivity index (χ3v) is 6.15. The van der Waals surface area contributed by atoms with Gasteiger partial charge in [0.1, 0.15) is 10.9 Å². The molecule has 1 atom stereocenters. The number of hydrogen-bond acceptors (Lipinski definition) is 5. The van der Waals surface area contributed by atoms with Crippen LogP contribution in [0.1, 0.15) is 25.8 Å². The number of benzene rings is 1. The molecule has 4 rings (SSSR count). The van der Waals surface area contributed by atoms with Crippen molar-refractivity contribution < 1.29 is 14.4 Å². The highest BCUT2D eigenvalue weighted by atomic mass is 32.2. The van der Waals surface area contributed by atoms with Crippen LogP contribution in [-0.4, -0.2) is 53.3 Å². The summed E-state index contributed by atoms with van der Waals surface area (Å²) in [6.45, 7) is 5.36. The Morgan fingerprint density at radius 3 is 2.66 bits per heavy atom. The van der Waals surface area contributed by atoms with Crippen LogP contribution >= 0.6 is 11.9 Å². The number of carbonyl (C=O) groups excluding carboxylic acids is 3. The summed E-state index contributed by atoms with van der Waals surface area (Å²) < 4.78 is 3.01. The van der Waals surface area contributed by atoms with Gasteiger partial charge in [-0.25, -0.2) is 9.52 Å². The van der Waals surface area contributed by atoms with Gasteiger partial charge in [-0.05, 0) is 35.4 Å². The minimum atomic E-state index is -0.685. The highest BCUT2D eigenvalue weighted by molar-refractivity contribution is 8.02. The summed E-state index contributed by atoms with van der Waals surface area (Å²) in [5.74, 6) is -0.296. The molecule has 1 aromatic carbocycles. The number of urea groups is 1. The van der Waals surface area contributed by atoms with Crippen molar-refractivity contribution in [2.24, 2.45) is 5.92 Å². The van der Waals surface area contributed by atoms with Crippen LogP contribution in [0.5, 0.6) is 0 Å². The highest BCUT2D eigenvalue weighted by Gasteiger charge is 2.45. The molecule has 3 aliphatic heterocycles. The Labute approximate surface area is 174 Å². The summed E-state index contributed by atoms with van der Waals surface area (Å²) >= 11 is 1.13. The predicted octanol–water partition coefficient (Wildman–Crippen LogP) is 2.34. The maximum Gasteiger partial charge on any atom is 0.328 e. The van der Waals surface area contributed by atoms with Crippen LogP contribution in [0.4, 0.5) is 4.79 Å². The molecule has 1 unspecified atom stereocenters. The molecule has 0 aliphatic carbocycles. The van der Waals surface area contributed by atoms with Crippen molar-refractivity contribution in [2.45, 2.75) is 26.3 Å². The number of rotatable bonds is 4. The lowest BCUT2D eigenvalue weighted by Gasteiger charge is -2.32. The number of carbonyl (C=O) groups is 3. The summed E-state index contributed by atoms with van der Waals surface area (Å²) in [7, 11) is 0. The van der Waals surface area contributed by atoms with E-state index in [9.17, 15) is 14.4 Å². The van der Waals surface area contributed by atoms with E-state index in [4.69, 9.17) is 0 Å². The molecule has 29 heavy (non-hydrogen) atoms. The van der Waals surface area contributed by atoms with Crippen molar-refractivity contribution in [1.82, 2.24) is 19.8 Å². The Morgan fingerprint density at radius 1 is 1.24 bits per heavy atom. The fraction of sp³-hybridized carbons (Fsp3) is 0.381. The molecule has 1 saturated heterocycles. The molecule has 0 radical (unpaired) electrons. The molecule has 152 valence electrons. The molecule has 4 amide bonds. The number of fused-ring (bicyclic) bond motifs is 1. The topological polar surface area (TPSA) is 81.8 Å². The first-order valence-electron chi connectivity index (χ1n) is 9.78. The van der Waals surface area contributed by atoms with Gasteiger partial charge in [-0.2, -0.15) is 0 Å². The standard InChI is InChI=1S/C21H24N4O3S/c1-13(2)12-25-19(26)17-16(22-21(25)28)18(29-23-17)20(27)24-10-8-15(9-11-24)14-6-4-3-5-7-14/h3-8,13,17,23H,9-12H2,1-2H3,(H,22,28). The second-order valence-electron chi connectivity index (χ2n) is 7.77. The first kappa shape index (κ1) is 19.7. The van der Waals surface area contributed by atoms with E-state index in [2.05, 4.69) is 28.2 Å². The summed E-state index contributed by atoms with van der Waals surface area (Å²) in [6.07, 6.45) is 2.84. The molecular formula is C21H24N4O3S. The van der Waals surface area contributed by atoms with Gasteiger partial charge in [-0.1, -0.05) is 50.3 Å². The van der Waals surface area contributed by atoms with Crippen LogP contribution < -0.4 is 10.0 Å². The Bertz CT molecular complexity index is 910. The second-order valence-corrected chi connectivity index (χ2v) is 8.61. The fourth-order valence-electron chi connectivity index (χ4n) is 3.71. The average molecular weight is 413 g/mol. The van der Waals surface area contributed by atoms with Crippen LogP contribution in [-0.2, 0) is 9.59 Å². The predicted molar refractivity (Wildman–Crippen MR) is 112 cm³/mol. The third-order valence-electron chi connectivity index (χ3n) is 5.19. The molecule has 0 aromatic heterocycles. The normalized spacial score (nSPS) is 22.0. The first-order valence-corrected chi connectivity index (χ1v) is 10.6. The van der Waals surface area contributed by atoms with E-state index in [1.54, 1.807) is 4.90 Å². The molecule has 0 bridgehead atoms. The molecule has 3 heterocycles. The van der Waals surface area contributed by atoms with Gasteiger partial charge in [0.15, 0.2) is 0 Å². The summed E-state index contributed by atoms with van der Waals surface area (Å²) in [4.78, 5) is 41.6. The van der Waals surface area contributed by atoms with Gasteiger partial charge in [0, 0.05) is 19.6 Å². The van der Waals surface area contributed by atoms with E-state index < -0.39 is 12.1 Å². The third kappa shape index (κ3) is 3.82. The van der Waals surface area contributed by atoms with Gasteiger partial charge in [-0.15, -0.1) is 0 Å². The quantitative estimate of drug-likeness (QED) is 0.742. The van der Waals surface area contributed by atoms with Gasteiger partial charge in [0.2, 0.25) is 0 Å². The summed E-state index contributed by atoms with van der Waals surface area (Å²) in [5.41, 5.74) is 2.79. The largest absolute Gasteiger partial charge is 0.334 e. The van der Waals surface area contributed by atoms with Crippen LogP contribution in [0.3, 0.4) is 0 Å². The van der Waals surface area contributed by atoms with Gasteiger partial charge in [-0.3, -0.25) is 14.5 Å². The zero-order valence-corrected chi connectivity index (χ0v) is 17.3. The van der Waals surface area contributed by atoms with Gasteiger partial charge in [0.05, 0.1) is 5.70 Å². The molecule has 8 heteroatoms. The SMILES string of the molecule is CC(C)CN1C(=O)NC2=C(C(=O)N3CC=C(c4ccccc4)CC3)SNC2C1=O. The zero-order chi connectivity index (χ0) is 20.5. The Morgan fingerprint density at radius 2 is 2.00 bits per heavy atom. The van der Waals surface area contributed by atoms with E-state index in [0.29, 0.717) is 30.2 Å². The number of imide groups is 1. The molecule has 3 aliphatic rings. The molecule has 0 spiro atoms. The van der Waals surface area contributed by atoms with Crippen LogP contribution in [0.2, 0.25) is 0 Å². The Kier molecular flexibility index (Phi) is 5.47. The number of nitrogens with zero attached hydrogens (tertiary/aromatic N) is 2. The molecule has 0 saturated carbocycles. The number of nitrogens with one attached hydrogen (secondary N) is 2. The zero-order valence-electron chi connectivity index (χ0n) is 16.5. The minimum Gasteiger partial charge on any atom is -0.334 e. The second kappa shape index (κ2) is 8.04. The van der Waals surface area contributed by atoms with Gasteiger partial charge < -0.3 is 10.2 Å². The van der Waals surface area contributed by atoms with Crippen molar-refractivity contribution in [3.8, 4) is 0 Å². The van der Waals surface area contributed by atoms with Crippen molar-refractivity contribution in [2.75, 3.05) is 19.6 Å². The first-order chi connectivity index (χ1) is 14.0. The van der Waals surface area contributed by atoms with Crippen LogP contribution in [0.25, 0.3) is 5.57 Å². The van der Waals surface area contributed by atoms with E-state index in [1.807, 2.05) is 32.0 Å². The smallest absolute Gasteiger partial charge is 0.328 e. The monoisotopic (exact) mass is 412 g/mol. The summed E-state index contributed by atoms with van der Waals surface area (Å²) in [6, 6.07) is 8.99. The molecular weight excluding hydrogens is 388 g/mol. The van der Waals surface area contributed by atoms with E-state index >= 15 is 0 Å². The van der Waals surface area contributed by atoms with Gasteiger partial charge in [0.25, 0.3) is 11.8 Å². The molecule has 1 aromatic rings. The maximum absolute atomic E-state index is 13.1. The highest BCUT2D eigenvalue weighted by Crippen LogP contribution is 2.33. The van der Waals surface area contributed by atoms with Crippen molar-refractivity contribution in [3.05, 3.63) is 52.6 Å². The van der Waals surface area contributed by atoms with E-state index in [1.165, 1.54) is 16.0 Å². The summed E-state index contributed by atoms with van der Waals surface area (Å²) in [5, 5.41) is 2.77. The number of hydrogen-bond donors (Lipinski definition) is 2. The maximum atomic E-state index is 13.1.